The van der Waals surface area contributed by atoms with Gasteiger partial charge in [-0.25, -0.2) is 0 Å². The van der Waals surface area contributed by atoms with Crippen molar-refractivity contribution in [3.63, 3.8) is 0 Å². The zero-order valence-electron chi connectivity index (χ0n) is 12.5. The molecule has 0 amide bonds. The molecule has 2 rings (SSSR count). The summed E-state index contributed by atoms with van der Waals surface area (Å²) in [4.78, 5) is 2.31. The molecule has 1 N–H and O–H groups in total. The van der Waals surface area contributed by atoms with Gasteiger partial charge in [0.1, 0.15) is 12.4 Å². The van der Waals surface area contributed by atoms with Gasteiger partial charge in [-0.2, -0.15) is 13.2 Å². The topological polar surface area (TPSA) is 24.5 Å². The summed E-state index contributed by atoms with van der Waals surface area (Å²) in [5.74, 6) is 0.477. The molecule has 0 spiro atoms. The van der Waals surface area contributed by atoms with E-state index in [4.69, 9.17) is 4.74 Å². The van der Waals surface area contributed by atoms with E-state index in [0.29, 0.717) is 18.4 Å². The first kappa shape index (κ1) is 19.1. The average Bonchev–Trinajstić information content (AvgIpc) is 2.47. The predicted molar refractivity (Wildman–Crippen MR) is 82.7 cm³/mol. The van der Waals surface area contributed by atoms with Gasteiger partial charge < -0.3 is 10.1 Å². The minimum absolute atomic E-state index is 0. The van der Waals surface area contributed by atoms with Crippen molar-refractivity contribution in [1.82, 2.24) is 10.2 Å². The summed E-state index contributed by atoms with van der Waals surface area (Å²) < 4.78 is 42.8. The molecular weight excluding hydrogens is 317 g/mol. The molecule has 7 heteroatoms. The largest absolute Gasteiger partial charge is 0.492 e. The molecule has 1 aliphatic rings. The monoisotopic (exact) mass is 338 g/mol. The van der Waals surface area contributed by atoms with E-state index in [2.05, 4.69) is 10.2 Å². The number of nitrogens with zero attached hydrogens (tertiary/aromatic N) is 1. The quantitative estimate of drug-likeness (QED) is 0.892. The summed E-state index contributed by atoms with van der Waals surface area (Å²) >= 11 is 0. The SMILES string of the molecule is CNC1CCCN(CCOc2ccc(C(F)(F)F)cc2)C1.Cl. The number of halogens is 4. The number of rotatable bonds is 5. The lowest BCUT2D eigenvalue weighted by Gasteiger charge is -2.32. The van der Waals surface area contributed by atoms with E-state index >= 15 is 0 Å². The van der Waals surface area contributed by atoms with E-state index in [1.807, 2.05) is 7.05 Å². The fraction of sp³-hybridized carbons (Fsp3) is 0.600. The second-order valence-corrected chi connectivity index (χ2v) is 5.30. The van der Waals surface area contributed by atoms with Gasteiger partial charge in [0.25, 0.3) is 0 Å². The Morgan fingerprint density at radius 3 is 2.55 bits per heavy atom. The Morgan fingerprint density at radius 1 is 1.27 bits per heavy atom. The molecule has 0 aromatic heterocycles. The smallest absolute Gasteiger partial charge is 0.416 e. The first-order valence-electron chi connectivity index (χ1n) is 7.18. The Bertz CT molecular complexity index is 439. The number of hydrogen-bond acceptors (Lipinski definition) is 3. The third kappa shape index (κ3) is 5.66. The van der Waals surface area contributed by atoms with E-state index in [1.165, 1.54) is 18.6 Å². The van der Waals surface area contributed by atoms with E-state index in [9.17, 15) is 13.2 Å². The summed E-state index contributed by atoms with van der Waals surface area (Å²) in [5.41, 5.74) is -0.650. The lowest BCUT2D eigenvalue weighted by Crippen LogP contribution is -2.45. The predicted octanol–water partition coefficient (Wildman–Crippen LogP) is 3.19. The van der Waals surface area contributed by atoms with Crippen molar-refractivity contribution in [3.05, 3.63) is 29.8 Å². The Labute approximate surface area is 135 Å². The zero-order chi connectivity index (χ0) is 15.3. The van der Waals surface area contributed by atoms with Crippen LogP contribution in [0.15, 0.2) is 24.3 Å². The van der Waals surface area contributed by atoms with Gasteiger partial charge in [-0.05, 0) is 50.7 Å². The highest BCUT2D eigenvalue weighted by atomic mass is 35.5. The number of likely N-dealkylation sites (N-methyl/N-ethyl adjacent to an activating group) is 1. The second kappa shape index (κ2) is 8.60. The number of benzene rings is 1. The number of ether oxygens (including phenoxy) is 1. The van der Waals surface area contributed by atoms with Crippen molar-refractivity contribution in [3.8, 4) is 5.75 Å². The highest BCUT2D eigenvalue weighted by Crippen LogP contribution is 2.30. The van der Waals surface area contributed by atoms with E-state index in [-0.39, 0.29) is 12.4 Å². The molecule has 3 nitrogen and oxygen atoms in total. The number of alkyl halides is 3. The van der Waals surface area contributed by atoms with Gasteiger partial charge in [0.2, 0.25) is 0 Å². The molecule has 1 saturated heterocycles. The van der Waals surface area contributed by atoms with Gasteiger partial charge in [-0.3, -0.25) is 4.90 Å². The van der Waals surface area contributed by atoms with Crippen molar-refractivity contribution in [2.75, 3.05) is 33.3 Å². The number of hydrogen-bond donors (Lipinski definition) is 1. The standard InChI is InChI=1S/C15H21F3N2O.ClH/c1-19-13-3-2-8-20(11-13)9-10-21-14-6-4-12(5-7-14)15(16,17)18;/h4-7,13,19H,2-3,8-11H2,1H3;1H. The lowest BCUT2D eigenvalue weighted by atomic mass is 10.1. The van der Waals surface area contributed by atoms with Crippen LogP contribution in [0.1, 0.15) is 18.4 Å². The van der Waals surface area contributed by atoms with E-state index in [0.717, 1.165) is 38.2 Å². The van der Waals surface area contributed by atoms with Crippen molar-refractivity contribution in [1.29, 1.82) is 0 Å². The van der Waals surface area contributed by atoms with Crippen LogP contribution >= 0.6 is 12.4 Å². The van der Waals surface area contributed by atoms with Gasteiger partial charge in [-0.15, -0.1) is 12.4 Å². The van der Waals surface area contributed by atoms with Gasteiger partial charge in [0, 0.05) is 19.1 Å². The third-order valence-corrected chi connectivity index (χ3v) is 3.77. The number of piperidine rings is 1. The molecule has 1 aliphatic heterocycles. The zero-order valence-corrected chi connectivity index (χ0v) is 13.3. The van der Waals surface area contributed by atoms with Crippen LogP contribution < -0.4 is 10.1 Å². The molecule has 1 aromatic rings. The maximum absolute atomic E-state index is 12.4. The van der Waals surface area contributed by atoms with Crippen LogP contribution in [0, 0.1) is 0 Å². The van der Waals surface area contributed by atoms with Gasteiger partial charge in [0.15, 0.2) is 0 Å². The third-order valence-electron chi connectivity index (χ3n) is 3.77. The highest BCUT2D eigenvalue weighted by molar-refractivity contribution is 5.85. The molecule has 1 unspecified atom stereocenters. The first-order chi connectivity index (χ1) is 9.99. The van der Waals surface area contributed by atoms with Crippen LogP contribution in [0.5, 0.6) is 5.75 Å². The Kier molecular flexibility index (Phi) is 7.45. The minimum atomic E-state index is -4.30. The summed E-state index contributed by atoms with van der Waals surface area (Å²) in [6.45, 7) is 3.32. The lowest BCUT2D eigenvalue weighted by molar-refractivity contribution is -0.137. The number of nitrogens with one attached hydrogen (secondary N) is 1. The summed E-state index contributed by atoms with van der Waals surface area (Å²) in [7, 11) is 1.97. The first-order valence-corrected chi connectivity index (χ1v) is 7.18. The Hall–Kier alpha value is -0.980. The van der Waals surface area contributed by atoms with Crippen molar-refractivity contribution in [2.45, 2.75) is 25.1 Å². The molecule has 0 saturated carbocycles. The van der Waals surface area contributed by atoms with E-state index < -0.39 is 11.7 Å². The van der Waals surface area contributed by atoms with Crippen molar-refractivity contribution in [2.24, 2.45) is 0 Å². The highest BCUT2D eigenvalue weighted by Gasteiger charge is 2.30. The van der Waals surface area contributed by atoms with Crippen LogP contribution in [0.25, 0.3) is 0 Å². The molecular formula is C15H22ClF3N2O. The Balaban J connectivity index is 0.00000242. The van der Waals surface area contributed by atoms with Crippen molar-refractivity contribution < 1.29 is 17.9 Å². The van der Waals surface area contributed by atoms with Crippen LogP contribution in [-0.2, 0) is 6.18 Å². The van der Waals surface area contributed by atoms with Crippen LogP contribution in [0.4, 0.5) is 13.2 Å². The summed E-state index contributed by atoms with van der Waals surface area (Å²) in [6.07, 6.45) is -1.95. The van der Waals surface area contributed by atoms with Crippen molar-refractivity contribution >= 4 is 12.4 Å². The van der Waals surface area contributed by atoms with Gasteiger partial charge in [0.05, 0.1) is 5.56 Å². The summed E-state index contributed by atoms with van der Waals surface area (Å²) in [5, 5.41) is 3.27. The molecule has 22 heavy (non-hydrogen) atoms. The molecule has 0 radical (unpaired) electrons. The maximum Gasteiger partial charge on any atom is 0.416 e. The van der Waals surface area contributed by atoms with Crippen LogP contribution in [-0.4, -0.2) is 44.2 Å². The fourth-order valence-electron chi connectivity index (χ4n) is 2.53. The fourth-order valence-corrected chi connectivity index (χ4v) is 2.53. The molecule has 0 bridgehead atoms. The van der Waals surface area contributed by atoms with Gasteiger partial charge >= 0.3 is 6.18 Å². The minimum Gasteiger partial charge on any atom is -0.492 e. The van der Waals surface area contributed by atoms with E-state index in [1.54, 1.807) is 0 Å². The molecule has 0 aliphatic carbocycles. The average molecular weight is 339 g/mol. The van der Waals surface area contributed by atoms with Crippen LogP contribution in [0.2, 0.25) is 0 Å². The Morgan fingerprint density at radius 2 is 1.95 bits per heavy atom. The molecule has 1 atom stereocenters. The second-order valence-electron chi connectivity index (χ2n) is 5.30. The normalized spacial score (nSPS) is 19.5. The molecule has 126 valence electrons. The molecule has 1 aromatic carbocycles. The number of likely N-dealkylation sites (tertiary alicyclic amines) is 1. The molecule has 1 fully saturated rings. The summed E-state index contributed by atoms with van der Waals surface area (Å²) in [6, 6.07) is 5.36. The maximum atomic E-state index is 12.4. The molecule has 1 heterocycles. The van der Waals surface area contributed by atoms with Gasteiger partial charge in [-0.1, -0.05) is 0 Å². The van der Waals surface area contributed by atoms with Crippen LogP contribution in [0.3, 0.4) is 0 Å².